The predicted octanol–water partition coefficient (Wildman–Crippen LogP) is 2.78. The fourth-order valence-corrected chi connectivity index (χ4v) is 2.52. The van der Waals surface area contributed by atoms with E-state index in [4.69, 9.17) is 0 Å². The van der Waals surface area contributed by atoms with Crippen molar-refractivity contribution < 1.29 is 4.79 Å². The van der Waals surface area contributed by atoms with Crippen LogP contribution in [0.5, 0.6) is 0 Å². The zero-order chi connectivity index (χ0) is 9.97. The van der Waals surface area contributed by atoms with Crippen molar-refractivity contribution in [3.63, 3.8) is 0 Å². The van der Waals surface area contributed by atoms with Crippen LogP contribution in [0.4, 0.5) is 0 Å². The standard InChI is InChI=1S/C9H5IN2OS/c10-8(13)6-2-5-14-7(6)9-11-3-1-4-12-9/h1-5H. The largest absolute Gasteiger partial charge is 0.282 e. The SMILES string of the molecule is O=C(I)c1ccsc1-c1ncccn1. The van der Waals surface area contributed by atoms with Gasteiger partial charge in [-0.25, -0.2) is 9.97 Å². The third kappa shape index (κ3) is 1.83. The minimum absolute atomic E-state index is 0.0197. The van der Waals surface area contributed by atoms with E-state index in [1.807, 2.05) is 5.38 Å². The molecule has 0 aliphatic carbocycles. The molecule has 0 radical (unpaired) electrons. The van der Waals surface area contributed by atoms with Crippen LogP contribution in [0.2, 0.25) is 0 Å². The van der Waals surface area contributed by atoms with Crippen molar-refractivity contribution in [2.45, 2.75) is 0 Å². The predicted molar refractivity (Wildman–Crippen MR) is 63.7 cm³/mol. The number of rotatable bonds is 2. The van der Waals surface area contributed by atoms with Gasteiger partial charge in [0.2, 0.25) is 3.79 Å². The molecule has 2 heterocycles. The Kier molecular flexibility index (Phi) is 2.87. The number of hydrogen-bond acceptors (Lipinski definition) is 4. The van der Waals surface area contributed by atoms with Gasteiger partial charge in [-0.15, -0.1) is 11.3 Å². The molecule has 0 aromatic carbocycles. The van der Waals surface area contributed by atoms with Crippen molar-refractivity contribution in [2.75, 3.05) is 0 Å². The average Bonchev–Trinajstić information content (AvgIpc) is 2.67. The zero-order valence-corrected chi connectivity index (χ0v) is 9.95. The van der Waals surface area contributed by atoms with Gasteiger partial charge >= 0.3 is 0 Å². The van der Waals surface area contributed by atoms with Gasteiger partial charge in [-0.05, 0) is 17.5 Å². The van der Waals surface area contributed by atoms with E-state index in [1.165, 1.54) is 11.3 Å². The highest BCUT2D eigenvalue weighted by Crippen LogP contribution is 2.27. The quantitative estimate of drug-likeness (QED) is 0.632. The number of nitrogens with zero attached hydrogens (tertiary/aromatic N) is 2. The lowest BCUT2D eigenvalue weighted by Gasteiger charge is -1.96. The van der Waals surface area contributed by atoms with Crippen molar-refractivity contribution in [3.05, 3.63) is 35.5 Å². The monoisotopic (exact) mass is 316 g/mol. The second kappa shape index (κ2) is 4.14. The molecule has 0 aliphatic rings. The smallest absolute Gasteiger partial charge is 0.223 e. The van der Waals surface area contributed by atoms with E-state index in [9.17, 15) is 4.79 Å². The van der Waals surface area contributed by atoms with E-state index < -0.39 is 0 Å². The summed E-state index contributed by atoms with van der Waals surface area (Å²) in [5.74, 6) is 0.613. The van der Waals surface area contributed by atoms with Crippen LogP contribution in [-0.4, -0.2) is 13.8 Å². The molecular formula is C9H5IN2OS. The summed E-state index contributed by atoms with van der Waals surface area (Å²) in [5.41, 5.74) is 0.682. The van der Waals surface area contributed by atoms with Gasteiger partial charge in [-0.2, -0.15) is 0 Å². The van der Waals surface area contributed by atoms with E-state index in [2.05, 4.69) is 9.97 Å². The number of thiophene rings is 1. The van der Waals surface area contributed by atoms with Crippen molar-refractivity contribution in [2.24, 2.45) is 0 Å². The molecule has 0 bridgehead atoms. The Morgan fingerprint density at radius 1 is 1.36 bits per heavy atom. The number of halogens is 1. The van der Waals surface area contributed by atoms with Gasteiger partial charge < -0.3 is 0 Å². The number of carbonyl (C=O) groups is 1. The summed E-state index contributed by atoms with van der Waals surface area (Å²) in [7, 11) is 0. The molecule has 0 atom stereocenters. The second-order valence-corrected chi connectivity index (χ2v) is 4.41. The molecule has 14 heavy (non-hydrogen) atoms. The third-order valence-corrected chi connectivity index (χ3v) is 3.14. The summed E-state index contributed by atoms with van der Waals surface area (Å²) in [4.78, 5) is 20.3. The van der Waals surface area contributed by atoms with E-state index in [0.717, 1.165) is 4.88 Å². The molecular weight excluding hydrogens is 311 g/mol. The first-order valence-corrected chi connectivity index (χ1v) is 5.79. The van der Waals surface area contributed by atoms with E-state index in [0.29, 0.717) is 11.4 Å². The summed E-state index contributed by atoms with van der Waals surface area (Å²) in [6.45, 7) is 0. The van der Waals surface area contributed by atoms with E-state index in [1.54, 1.807) is 47.1 Å². The first-order valence-electron chi connectivity index (χ1n) is 3.84. The molecule has 0 unspecified atom stereocenters. The molecule has 0 saturated heterocycles. The van der Waals surface area contributed by atoms with E-state index >= 15 is 0 Å². The first kappa shape index (κ1) is 9.72. The van der Waals surface area contributed by atoms with Gasteiger partial charge in [0.1, 0.15) is 0 Å². The first-order chi connectivity index (χ1) is 6.79. The highest BCUT2D eigenvalue weighted by molar-refractivity contribution is 14.1. The fourth-order valence-electron chi connectivity index (χ4n) is 1.05. The molecule has 2 aromatic rings. The van der Waals surface area contributed by atoms with Crippen LogP contribution in [0.15, 0.2) is 29.9 Å². The molecule has 3 nitrogen and oxygen atoms in total. The lowest BCUT2D eigenvalue weighted by Crippen LogP contribution is -1.91. The van der Waals surface area contributed by atoms with Crippen molar-refractivity contribution in [1.82, 2.24) is 9.97 Å². The van der Waals surface area contributed by atoms with Crippen LogP contribution in [0.1, 0.15) is 10.4 Å². The Morgan fingerprint density at radius 2 is 2.07 bits per heavy atom. The maximum atomic E-state index is 11.2. The molecule has 2 rings (SSSR count). The third-order valence-electron chi connectivity index (χ3n) is 1.65. The minimum Gasteiger partial charge on any atom is -0.282 e. The van der Waals surface area contributed by atoms with Crippen molar-refractivity contribution >= 4 is 37.7 Å². The number of carbonyl (C=O) groups excluding carboxylic acids is 1. The van der Waals surface area contributed by atoms with Gasteiger partial charge in [0.05, 0.1) is 10.4 Å². The Balaban J connectivity index is 2.52. The van der Waals surface area contributed by atoms with Crippen LogP contribution in [-0.2, 0) is 0 Å². The second-order valence-electron chi connectivity index (χ2n) is 2.51. The molecule has 5 heteroatoms. The molecule has 2 aromatic heterocycles. The number of hydrogen-bond donors (Lipinski definition) is 0. The molecule has 0 fully saturated rings. The zero-order valence-electron chi connectivity index (χ0n) is 6.98. The van der Waals surface area contributed by atoms with Gasteiger partial charge in [0, 0.05) is 35.0 Å². The lowest BCUT2D eigenvalue weighted by atomic mass is 10.3. The van der Waals surface area contributed by atoms with Gasteiger partial charge in [-0.3, -0.25) is 4.79 Å². The van der Waals surface area contributed by atoms with Crippen molar-refractivity contribution in [3.8, 4) is 10.7 Å². The highest BCUT2D eigenvalue weighted by Gasteiger charge is 2.13. The Hall–Kier alpha value is -0.820. The van der Waals surface area contributed by atoms with Gasteiger partial charge in [0.25, 0.3) is 0 Å². The Bertz CT molecular complexity index is 455. The minimum atomic E-state index is 0.0197. The summed E-state index contributed by atoms with van der Waals surface area (Å²) < 4.78 is 0.0197. The van der Waals surface area contributed by atoms with E-state index in [-0.39, 0.29) is 3.79 Å². The van der Waals surface area contributed by atoms with Crippen molar-refractivity contribution in [1.29, 1.82) is 0 Å². The summed E-state index contributed by atoms with van der Waals surface area (Å²) in [6.07, 6.45) is 3.34. The highest BCUT2D eigenvalue weighted by atomic mass is 127. The number of aromatic nitrogens is 2. The summed E-state index contributed by atoms with van der Waals surface area (Å²) in [6, 6.07) is 3.55. The molecule has 70 valence electrons. The normalized spacial score (nSPS) is 10.1. The maximum Gasteiger partial charge on any atom is 0.223 e. The fraction of sp³-hybridized carbons (Fsp3) is 0. The van der Waals surface area contributed by atoms with Crippen LogP contribution < -0.4 is 0 Å². The average molecular weight is 316 g/mol. The topological polar surface area (TPSA) is 42.9 Å². The van der Waals surface area contributed by atoms with Crippen LogP contribution in [0, 0.1) is 0 Å². The van der Waals surface area contributed by atoms with Crippen LogP contribution in [0.25, 0.3) is 10.7 Å². The molecule has 0 N–H and O–H groups in total. The maximum absolute atomic E-state index is 11.2. The molecule has 0 spiro atoms. The molecule has 0 saturated carbocycles. The van der Waals surface area contributed by atoms with Gasteiger partial charge in [0.15, 0.2) is 5.82 Å². The van der Waals surface area contributed by atoms with Crippen LogP contribution >= 0.6 is 33.9 Å². The lowest BCUT2D eigenvalue weighted by molar-refractivity contribution is 0.110. The van der Waals surface area contributed by atoms with Gasteiger partial charge in [-0.1, -0.05) is 0 Å². The molecule has 0 amide bonds. The van der Waals surface area contributed by atoms with Crippen LogP contribution in [0.3, 0.4) is 0 Å². The summed E-state index contributed by atoms with van der Waals surface area (Å²) in [5, 5.41) is 1.87. The Labute approximate surface area is 98.4 Å². The summed E-state index contributed by atoms with van der Waals surface area (Å²) >= 11 is 3.25. The Morgan fingerprint density at radius 3 is 2.71 bits per heavy atom. The molecule has 0 aliphatic heterocycles.